The van der Waals surface area contributed by atoms with Gasteiger partial charge in [-0.2, -0.15) is 0 Å². The SMILES string of the molecule is CC1(C)C(COCO)CC1OCO. The molecule has 0 heterocycles. The van der Waals surface area contributed by atoms with Crippen molar-refractivity contribution >= 4 is 0 Å². The van der Waals surface area contributed by atoms with Crippen LogP contribution in [0, 0.1) is 11.3 Å². The van der Waals surface area contributed by atoms with Crippen molar-refractivity contribution in [3.8, 4) is 0 Å². The first-order valence-corrected chi connectivity index (χ1v) is 4.54. The molecule has 1 rings (SSSR count). The van der Waals surface area contributed by atoms with Gasteiger partial charge < -0.3 is 19.7 Å². The van der Waals surface area contributed by atoms with E-state index < -0.39 is 0 Å². The van der Waals surface area contributed by atoms with Crippen LogP contribution in [0.2, 0.25) is 0 Å². The third-order valence-electron chi connectivity index (χ3n) is 3.07. The molecule has 0 saturated heterocycles. The Morgan fingerprint density at radius 3 is 2.46 bits per heavy atom. The Bertz CT molecular complexity index is 158. The van der Waals surface area contributed by atoms with Crippen LogP contribution in [0.15, 0.2) is 0 Å². The summed E-state index contributed by atoms with van der Waals surface area (Å²) in [6, 6.07) is 0. The third-order valence-corrected chi connectivity index (χ3v) is 3.07. The van der Waals surface area contributed by atoms with E-state index in [9.17, 15) is 0 Å². The molecule has 2 unspecified atom stereocenters. The molecule has 0 aliphatic heterocycles. The Kier molecular flexibility index (Phi) is 3.67. The van der Waals surface area contributed by atoms with Crippen molar-refractivity contribution in [2.45, 2.75) is 26.4 Å². The van der Waals surface area contributed by atoms with E-state index in [0.29, 0.717) is 12.5 Å². The molecule has 0 radical (unpaired) electrons. The number of aliphatic hydroxyl groups excluding tert-OH is 2. The Morgan fingerprint density at radius 2 is 2.00 bits per heavy atom. The molecule has 1 aliphatic rings. The highest BCUT2D eigenvalue weighted by Crippen LogP contribution is 2.47. The van der Waals surface area contributed by atoms with Crippen molar-refractivity contribution in [3.63, 3.8) is 0 Å². The van der Waals surface area contributed by atoms with E-state index in [4.69, 9.17) is 19.7 Å². The molecule has 2 atom stereocenters. The fraction of sp³-hybridized carbons (Fsp3) is 1.00. The molecule has 4 heteroatoms. The van der Waals surface area contributed by atoms with Gasteiger partial charge in [-0.25, -0.2) is 0 Å². The zero-order valence-electron chi connectivity index (χ0n) is 8.19. The van der Waals surface area contributed by atoms with Crippen molar-refractivity contribution in [2.24, 2.45) is 11.3 Å². The van der Waals surface area contributed by atoms with Gasteiger partial charge in [-0.1, -0.05) is 13.8 Å². The van der Waals surface area contributed by atoms with Crippen molar-refractivity contribution in [2.75, 3.05) is 20.2 Å². The summed E-state index contributed by atoms with van der Waals surface area (Å²) < 4.78 is 10.1. The van der Waals surface area contributed by atoms with Crippen molar-refractivity contribution in [3.05, 3.63) is 0 Å². The summed E-state index contributed by atoms with van der Waals surface area (Å²) in [6.45, 7) is 4.29. The van der Waals surface area contributed by atoms with Gasteiger partial charge in [0.1, 0.15) is 13.6 Å². The topological polar surface area (TPSA) is 58.9 Å². The van der Waals surface area contributed by atoms with E-state index in [-0.39, 0.29) is 25.1 Å². The second-order valence-electron chi connectivity index (χ2n) is 4.04. The monoisotopic (exact) mass is 190 g/mol. The molecular formula is C9H18O4. The third kappa shape index (κ3) is 2.20. The Balaban J connectivity index is 2.30. The standard InChI is InChI=1S/C9H18O4/c1-9(2)7(4-12-5-10)3-8(9)13-6-11/h7-8,10-11H,3-6H2,1-2H3. The maximum Gasteiger partial charge on any atom is 0.143 e. The lowest BCUT2D eigenvalue weighted by Crippen LogP contribution is -2.52. The zero-order valence-corrected chi connectivity index (χ0v) is 8.19. The Morgan fingerprint density at radius 1 is 1.31 bits per heavy atom. The molecule has 0 aromatic carbocycles. The second-order valence-corrected chi connectivity index (χ2v) is 4.04. The quantitative estimate of drug-likeness (QED) is 0.613. The van der Waals surface area contributed by atoms with E-state index in [1.165, 1.54) is 0 Å². The van der Waals surface area contributed by atoms with Crippen LogP contribution in [0.5, 0.6) is 0 Å². The molecule has 4 nitrogen and oxygen atoms in total. The van der Waals surface area contributed by atoms with Gasteiger partial charge in [0.25, 0.3) is 0 Å². The molecule has 0 aromatic heterocycles. The average Bonchev–Trinajstić information content (AvgIpc) is 2.10. The van der Waals surface area contributed by atoms with Crippen LogP contribution in [0.4, 0.5) is 0 Å². The highest BCUT2D eigenvalue weighted by molar-refractivity contribution is 4.97. The molecule has 0 bridgehead atoms. The zero-order chi connectivity index (χ0) is 9.90. The molecule has 1 fully saturated rings. The summed E-state index contributed by atoms with van der Waals surface area (Å²) in [5.41, 5.74) is 0.0396. The van der Waals surface area contributed by atoms with Gasteiger partial charge in [0.05, 0.1) is 12.7 Å². The first kappa shape index (κ1) is 10.9. The van der Waals surface area contributed by atoms with Gasteiger partial charge in [0, 0.05) is 0 Å². The number of ether oxygens (including phenoxy) is 2. The van der Waals surface area contributed by atoms with E-state index in [0.717, 1.165) is 6.42 Å². The predicted molar refractivity (Wildman–Crippen MR) is 46.9 cm³/mol. The minimum Gasteiger partial charge on any atom is -0.371 e. The van der Waals surface area contributed by atoms with Gasteiger partial charge in [0.2, 0.25) is 0 Å². The van der Waals surface area contributed by atoms with Crippen LogP contribution in [0.1, 0.15) is 20.3 Å². The molecule has 0 amide bonds. The molecule has 0 spiro atoms. The highest BCUT2D eigenvalue weighted by atomic mass is 16.6. The fourth-order valence-corrected chi connectivity index (χ4v) is 1.82. The number of hydrogen-bond acceptors (Lipinski definition) is 4. The molecular weight excluding hydrogens is 172 g/mol. The number of rotatable bonds is 5. The van der Waals surface area contributed by atoms with Crippen molar-refractivity contribution in [1.82, 2.24) is 0 Å². The van der Waals surface area contributed by atoms with Crippen LogP contribution in [-0.2, 0) is 9.47 Å². The predicted octanol–water partition coefficient (Wildman–Crippen LogP) is 0.334. The van der Waals surface area contributed by atoms with Crippen molar-refractivity contribution in [1.29, 1.82) is 0 Å². The van der Waals surface area contributed by atoms with Crippen LogP contribution < -0.4 is 0 Å². The summed E-state index contributed by atoms with van der Waals surface area (Å²) in [5, 5.41) is 17.1. The van der Waals surface area contributed by atoms with Gasteiger partial charge >= 0.3 is 0 Å². The molecule has 13 heavy (non-hydrogen) atoms. The minimum atomic E-state index is -0.224. The lowest BCUT2D eigenvalue weighted by molar-refractivity contribution is -0.193. The lowest BCUT2D eigenvalue weighted by Gasteiger charge is -2.51. The van der Waals surface area contributed by atoms with E-state index >= 15 is 0 Å². The number of aliphatic hydroxyl groups is 2. The summed E-state index contributed by atoms with van der Waals surface area (Å²) in [4.78, 5) is 0. The summed E-state index contributed by atoms with van der Waals surface area (Å²) >= 11 is 0. The highest BCUT2D eigenvalue weighted by Gasteiger charge is 2.48. The first-order valence-electron chi connectivity index (χ1n) is 4.54. The van der Waals surface area contributed by atoms with Gasteiger partial charge in [-0.05, 0) is 17.8 Å². The summed E-state index contributed by atoms with van der Waals surface area (Å²) in [5.74, 6) is 0.413. The number of hydrogen-bond donors (Lipinski definition) is 2. The van der Waals surface area contributed by atoms with Crippen LogP contribution in [0.25, 0.3) is 0 Å². The maximum absolute atomic E-state index is 8.60. The summed E-state index contributed by atoms with van der Waals surface area (Å²) in [7, 11) is 0. The normalized spacial score (nSPS) is 31.4. The van der Waals surface area contributed by atoms with Gasteiger partial charge in [-0.15, -0.1) is 0 Å². The smallest absolute Gasteiger partial charge is 0.143 e. The van der Waals surface area contributed by atoms with Crippen molar-refractivity contribution < 1.29 is 19.7 Å². The van der Waals surface area contributed by atoms with E-state index in [2.05, 4.69) is 13.8 Å². The van der Waals surface area contributed by atoms with Gasteiger partial charge in [0.15, 0.2) is 0 Å². The van der Waals surface area contributed by atoms with Crippen LogP contribution >= 0.6 is 0 Å². The molecule has 78 valence electrons. The Labute approximate surface area is 78.5 Å². The Hall–Kier alpha value is -0.160. The van der Waals surface area contributed by atoms with E-state index in [1.807, 2.05) is 0 Å². The van der Waals surface area contributed by atoms with Crippen LogP contribution in [0.3, 0.4) is 0 Å². The van der Waals surface area contributed by atoms with E-state index in [1.54, 1.807) is 0 Å². The maximum atomic E-state index is 8.60. The first-order chi connectivity index (χ1) is 6.12. The second kappa shape index (κ2) is 4.37. The minimum absolute atomic E-state index is 0.0396. The average molecular weight is 190 g/mol. The molecule has 2 N–H and O–H groups in total. The molecule has 1 saturated carbocycles. The fourth-order valence-electron chi connectivity index (χ4n) is 1.82. The van der Waals surface area contributed by atoms with Gasteiger partial charge in [-0.3, -0.25) is 0 Å². The molecule has 0 aromatic rings. The summed E-state index contributed by atoms with van der Waals surface area (Å²) in [6.07, 6.45) is 1.01. The molecule has 1 aliphatic carbocycles. The largest absolute Gasteiger partial charge is 0.371 e. The van der Waals surface area contributed by atoms with Crippen LogP contribution in [-0.4, -0.2) is 36.5 Å². The lowest BCUT2D eigenvalue weighted by atomic mass is 9.60.